The van der Waals surface area contributed by atoms with Crippen molar-refractivity contribution in [3.05, 3.63) is 68.9 Å². The van der Waals surface area contributed by atoms with Gasteiger partial charge in [0, 0.05) is 12.0 Å². The summed E-state index contributed by atoms with van der Waals surface area (Å²) in [6.45, 7) is 3.50. The van der Waals surface area contributed by atoms with Gasteiger partial charge < -0.3 is 5.21 Å². The van der Waals surface area contributed by atoms with Gasteiger partial charge in [-0.25, -0.2) is 4.39 Å². The summed E-state index contributed by atoms with van der Waals surface area (Å²) in [6.07, 6.45) is 0.382. The van der Waals surface area contributed by atoms with Crippen molar-refractivity contribution in [3.63, 3.8) is 0 Å². The lowest BCUT2D eigenvalue weighted by Gasteiger charge is -2.09. The minimum Gasteiger partial charge on any atom is -0.425 e. The number of benzene rings is 1. The number of aryl methyl sites for hydroxylation is 1. The van der Waals surface area contributed by atoms with Gasteiger partial charge >= 0.3 is 0 Å². The van der Waals surface area contributed by atoms with Gasteiger partial charge in [-0.15, -0.1) is 0 Å². The van der Waals surface area contributed by atoms with Crippen LogP contribution in [-0.4, -0.2) is 9.94 Å². The zero-order chi connectivity index (χ0) is 13.3. The zero-order valence-corrected chi connectivity index (χ0v) is 10.3. The molecular weight excluding hydrogens is 233 g/mol. The second kappa shape index (κ2) is 4.64. The molecule has 0 amide bonds. The number of hydrogen-bond acceptors (Lipinski definition) is 2. The van der Waals surface area contributed by atoms with Crippen LogP contribution in [0.4, 0.5) is 4.39 Å². The number of halogens is 1. The maximum absolute atomic E-state index is 12.8. The molecule has 0 atom stereocenters. The maximum atomic E-state index is 12.8. The van der Waals surface area contributed by atoms with Gasteiger partial charge in [-0.3, -0.25) is 4.79 Å². The summed E-state index contributed by atoms with van der Waals surface area (Å²) in [5.74, 6) is -0.305. The zero-order valence-electron chi connectivity index (χ0n) is 10.3. The molecule has 0 saturated heterocycles. The van der Waals surface area contributed by atoms with Crippen LogP contribution in [0.2, 0.25) is 0 Å². The molecule has 0 bridgehead atoms. The van der Waals surface area contributed by atoms with E-state index in [-0.39, 0.29) is 5.82 Å². The molecule has 2 aromatic rings. The van der Waals surface area contributed by atoms with Gasteiger partial charge in [0.2, 0.25) is 0 Å². The molecule has 0 aliphatic heterocycles. The summed E-state index contributed by atoms with van der Waals surface area (Å²) in [5.41, 5.74) is 2.28. The molecule has 1 N–H and O–H groups in total. The van der Waals surface area contributed by atoms with Crippen molar-refractivity contribution in [2.24, 2.45) is 0 Å². The second-order valence-corrected chi connectivity index (χ2v) is 4.36. The predicted octanol–water partition coefficient (Wildman–Crippen LogP) is 2.43. The first kappa shape index (κ1) is 12.4. The van der Waals surface area contributed by atoms with E-state index in [0.29, 0.717) is 22.4 Å². The van der Waals surface area contributed by atoms with E-state index in [9.17, 15) is 14.4 Å². The van der Waals surface area contributed by atoms with Crippen molar-refractivity contribution in [2.75, 3.05) is 0 Å². The number of aromatic nitrogens is 1. The van der Waals surface area contributed by atoms with Crippen LogP contribution < -0.4 is 5.56 Å². The molecule has 0 aliphatic carbocycles. The molecule has 1 heterocycles. The minimum absolute atomic E-state index is 0.305. The number of nitrogens with zero attached hydrogens (tertiary/aromatic N) is 1. The van der Waals surface area contributed by atoms with Crippen LogP contribution in [0.5, 0.6) is 0 Å². The standard InChI is InChI=1S/C14H14FNO2/c1-9-7-13(16(18)14(17)10(9)2)8-11-3-5-12(15)6-4-11/h3-7,18H,8H2,1-2H3. The molecule has 0 saturated carbocycles. The van der Waals surface area contributed by atoms with Crippen LogP contribution in [0.1, 0.15) is 22.4 Å². The Morgan fingerprint density at radius 3 is 2.44 bits per heavy atom. The van der Waals surface area contributed by atoms with Gasteiger partial charge in [0.1, 0.15) is 5.82 Å². The van der Waals surface area contributed by atoms with Gasteiger partial charge in [0.05, 0.1) is 5.69 Å². The Morgan fingerprint density at radius 1 is 1.22 bits per heavy atom. The lowest BCUT2D eigenvalue weighted by Crippen LogP contribution is -2.24. The lowest BCUT2D eigenvalue weighted by atomic mass is 10.1. The summed E-state index contributed by atoms with van der Waals surface area (Å²) in [7, 11) is 0. The van der Waals surface area contributed by atoms with Gasteiger partial charge in [-0.2, -0.15) is 4.73 Å². The molecule has 0 fully saturated rings. The SMILES string of the molecule is Cc1cc(Cc2ccc(F)cc2)n(O)c(=O)c1C. The van der Waals surface area contributed by atoms with Crippen molar-refractivity contribution in [1.29, 1.82) is 0 Å². The summed E-state index contributed by atoms with van der Waals surface area (Å²) in [4.78, 5) is 11.7. The topological polar surface area (TPSA) is 42.2 Å². The third-order valence-corrected chi connectivity index (χ3v) is 3.06. The summed E-state index contributed by atoms with van der Waals surface area (Å²) in [6, 6.07) is 7.75. The number of pyridine rings is 1. The first-order chi connectivity index (χ1) is 8.49. The quantitative estimate of drug-likeness (QED) is 0.828. The molecule has 1 aromatic heterocycles. The molecule has 0 unspecified atom stereocenters. The van der Waals surface area contributed by atoms with E-state index in [0.717, 1.165) is 11.1 Å². The van der Waals surface area contributed by atoms with E-state index in [1.54, 1.807) is 25.1 Å². The Labute approximate surface area is 104 Å². The van der Waals surface area contributed by atoms with E-state index in [1.165, 1.54) is 12.1 Å². The molecule has 4 heteroatoms. The van der Waals surface area contributed by atoms with Crippen molar-refractivity contribution in [3.8, 4) is 0 Å². The minimum atomic E-state index is -0.410. The number of hydrogen-bond donors (Lipinski definition) is 1. The van der Waals surface area contributed by atoms with Crippen LogP contribution in [0, 0.1) is 19.7 Å². The lowest BCUT2D eigenvalue weighted by molar-refractivity contribution is 0.165. The summed E-state index contributed by atoms with van der Waals surface area (Å²) in [5, 5.41) is 9.75. The molecule has 3 nitrogen and oxygen atoms in total. The average Bonchev–Trinajstić information content (AvgIpc) is 2.36. The van der Waals surface area contributed by atoms with Crippen molar-refractivity contribution >= 4 is 0 Å². The Bertz CT molecular complexity index is 629. The molecule has 94 valence electrons. The van der Waals surface area contributed by atoms with Crippen LogP contribution in [-0.2, 0) is 6.42 Å². The smallest absolute Gasteiger partial charge is 0.286 e. The predicted molar refractivity (Wildman–Crippen MR) is 66.6 cm³/mol. The summed E-state index contributed by atoms with van der Waals surface area (Å²) >= 11 is 0. The highest BCUT2D eigenvalue weighted by atomic mass is 19.1. The molecule has 0 aliphatic rings. The average molecular weight is 247 g/mol. The molecule has 0 spiro atoms. The molecular formula is C14H14FNO2. The van der Waals surface area contributed by atoms with E-state index >= 15 is 0 Å². The fourth-order valence-corrected chi connectivity index (χ4v) is 1.81. The molecule has 1 aromatic carbocycles. The fraction of sp³-hybridized carbons (Fsp3) is 0.214. The molecule has 2 rings (SSSR count). The maximum Gasteiger partial charge on any atom is 0.286 e. The van der Waals surface area contributed by atoms with Gasteiger partial charge in [-0.05, 0) is 43.2 Å². The Hall–Kier alpha value is -2.10. The van der Waals surface area contributed by atoms with Gasteiger partial charge in [0.25, 0.3) is 5.56 Å². The van der Waals surface area contributed by atoms with Crippen LogP contribution in [0.25, 0.3) is 0 Å². The Morgan fingerprint density at radius 2 is 1.83 bits per heavy atom. The van der Waals surface area contributed by atoms with Crippen LogP contribution in [0.3, 0.4) is 0 Å². The first-order valence-electron chi connectivity index (χ1n) is 5.65. The van der Waals surface area contributed by atoms with E-state index in [2.05, 4.69) is 0 Å². The third-order valence-electron chi connectivity index (χ3n) is 3.06. The molecule has 0 radical (unpaired) electrons. The fourth-order valence-electron chi connectivity index (χ4n) is 1.81. The van der Waals surface area contributed by atoms with Crippen molar-refractivity contribution < 1.29 is 9.60 Å². The monoisotopic (exact) mass is 247 g/mol. The largest absolute Gasteiger partial charge is 0.425 e. The third kappa shape index (κ3) is 2.27. The van der Waals surface area contributed by atoms with Crippen molar-refractivity contribution in [1.82, 2.24) is 4.73 Å². The van der Waals surface area contributed by atoms with Gasteiger partial charge in [-0.1, -0.05) is 12.1 Å². The van der Waals surface area contributed by atoms with E-state index in [4.69, 9.17) is 0 Å². The highest BCUT2D eigenvalue weighted by Gasteiger charge is 2.09. The highest BCUT2D eigenvalue weighted by molar-refractivity contribution is 5.29. The Kier molecular flexibility index (Phi) is 3.19. The van der Waals surface area contributed by atoms with Crippen LogP contribution >= 0.6 is 0 Å². The highest BCUT2D eigenvalue weighted by Crippen LogP contribution is 2.11. The normalized spacial score (nSPS) is 10.6. The van der Waals surface area contributed by atoms with Crippen molar-refractivity contribution in [2.45, 2.75) is 20.3 Å². The molecule has 18 heavy (non-hydrogen) atoms. The van der Waals surface area contributed by atoms with E-state index in [1.807, 2.05) is 6.92 Å². The van der Waals surface area contributed by atoms with E-state index < -0.39 is 5.56 Å². The van der Waals surface area contributed by atoms with Gasteiger partial charge in [0.15, 0.2) is 0 Å². The first-order valence-corrected chi connectivity index (χ1v) is 5.65. The Balaban J connectivity index is 2.41. The summed E-state index contributed by atoms with van der Waals surface area (Å²) < 4.78 is 13.4. The number of rotatable bonds is 2. The second-order valence-electron chi connectivity index (χ2n) is 4.36. The van der Waals surface area contributed by atoms with Crippen LogP contribution in [0.15, 0.2) is 35.1 Å².